The third-order valence-corrected chi connectivity index (χ3v) is 4.69. The molecule has 98 valence electrons. The van der Waals surface area contributed by atoms with Gasteiger partial charge in [-0.2, -0.15) is 0 Å². The smallest absolute Gasteiger partial charge is 0.0406 e. The standard InChI is InChI=1S/C16H24N2/c1-12(2)18-10-13-5-6-15(9-14(13)11-18)16(3)7-4-8-17-16/h5-6,9,12,17H,4,7-8,10-11H2,1-3H3. The molecule has 1 aromatic carbocycles. The average molecular weight is 244 g/mol. The summed E-state index contributed by atoms with van der Waals surface area (Å²) >= 11 is 0. The first-order valence-corrected chi connectivity index (χ1v) is 7.20. The van der Waals surface area contributed by atoms with Gasteiger partial charge in [0.25, 0.3) is 0 Å². The Kier molecular flexibility index (Phi) is 2.95. The second-order valence-electron chi connectivity index (χ2n) is 6.34. The maximum atomic E-state index is 3.66. The third-order valence-electron chi connectivity index (χ3n) is 4.69. The van der Waals surface area contributed by atoms with Gasteiger partial charge in [-0.25, -0.2) is 0 Å². The molecule has 0 amide bonds. The number of fused-ring (bicyclic) bond motifs is 1. The van der Waals surface area contributed by atoms with Gasteiger partial charge in [-0.05, 0) is 56.8 Å². The molecule has 0 saturated carbocycles. The Balaban J connectivity index is 1.88. The van der Waals surface area contributed by atoms with E-state index in [0.29, 0.717) is 6.04 Å². The van der Waals surface area contributed by atoms with Crippen molar-refractivity contribution in [3.05, 3.63) is 34.9 Å². The lowest BCUT2D eigenvalue weighted by Gasteiger charge is -2.25. The van der Waals surface area contributed by atoms with E-state index in [4.69, 9.17) is 0 Å². The Bertz CT molecular complexity index is 444. The van der Waals surface area contributed by atoms with Crippen LogP contribution in [0.15, 0.2) is 18.2 Å². The molecule has 0 spiro atoms. The van der Waals surface area contributed by atoms with Crippen LogP contribution in [0.3, 0.4) is 0 Å². The predicted molar refractivity (Wildman–Crippen MR) is 75.4 cm³/mol. The minimum absolute atomic E-state index is 0.209. The topological polar surface area (TPSA) is 15.3 Å². The van der Waals surface area contributed by atoms with E-state index in [1.807, 2.05) is 0 Å². The molecule has 2 aliphatic heterocycles. The van der Waals surface area contributed by atoms with Gasteiger partial charge in [0.2, 0.25) is 0 Å². The van der Waals surface area contributed by atoms with Crippen molar-refractivity contribution in [3.63, 3.8) is 0 Å². The summed E-state index contributed by atoms with van der Waals surface area (Å²) in [4.78, 5) is 2.54. The highest BCUT2D eigenvalue weighted by molar-refractivity contribution is 5.38. The van der Waals surface area contributed by atoms with Crippen molar-refractivity contribution >= 4 is 0 Å². The summed E-state index contributed by atoms with van der Waals surface area (Å²) in [5, 5.41) is 3.66. The maximum Gasteiger partial charge on any atom is 0.0406 e. The van der Waals surface area contributed by atoms with Crippen molar-refractivity contribution in [1.82, 2.24) is 10.2 Å². The molecule has 1 atom stereocenters. The van der Waals surface area contributed by atoms with Gasteiger partial charge in [0.1, 0.15) is 0 Å². The summed E-state index contributed by atoms with van der Waals surface area (Å²) in [7, 11) is 0. The number of hydrogen-bond donors (Lipinski definition) is 1. The van der Waals surface area contributed by atoms with Crippen molar-refractivity contribution in [2.45, 2.75) is 58.3 Å². The van der Waals surface area contributed by atoms with Gasteiger partial charge in [-0.15, -0.1) is 0 Å². The molecule has 2 nitrogen and oxygen atoms in total. The summed E-state index contributed by atoms with van der Waals surface area (Å²) in [5.41, 5.74) is 4.75. The molecule has 0 radical (unpaired) electrons. The zero-order valence-electron chi connectivity index (χ0n) is 11.8. The molecule has 3 rings (SSSR count). The van der Waals surface area contributed by atoms with Crippen molar-refractivity contribution in [2.24, 2.45) is 0 Å². The lowest BCUT2D eigenvalue weighted by Crippen LogP contribution is -2.33. The summed E-state index contributed by atoms with van der Waals surface area (Å²) in [6, 6.07) is 7.76. The van der Waals surface area contributed by atoms with Crippen LogP contribution in [0.5, 0.6) is 0 Å². The van der Waals surface area contributed by atoms with Crippen molar-refractivity contribution in [1.29, 1.82) is 0 Å². The molecule has 2 heterocycles. The van der Waals surface area contributed by atoms with E-state index in [-0.39, 0.29) is 5.54 Å². The lowest BCUT2D eigenvalue weighted by atomic mass is 9.88. The Hall–Kier alpha value is -0.860. The molecular formula is C16H24N2. The van der Waals surface area contributed by atoms with Crippen LogP contribution in [0.4, 0.5) is 0 Å². The van der Waals surface area contributed by atoms with Crippen LogP contribution in [-0.2, 0) is 18.6 Å². The number of benzene rings is 1. The SMILES string of the molecule is CC(C)N1Cc2ccc(C3(C)CCCN3)cc2C1. The van der Waals surface area contributed by atoms with Gasteiger partial charge in [-0.3, -0.25) is 4.90 Å². The highest BCUT2D eigenvalue weighted by Crippen LogP contribution is 2.33. The zero-order chi connectivity index (χ0) is 12.8. The van der Waals surface area contributed by atoms with Crippen LogP contribution in [-0.4, -0.2) is 17.5 Å². The zero-order valence-corrected chi connectivity index (χ0v) is 11.8. The lowest BCUT2D eigenvalue weighted by molar-refractivity contribution is 0.227. The molecule has 18 heavy (non-hydrogen) atoms. The molecule has 2 heteroatoms. The first-order chi connectivity index (χ1) is 8.58. The number of nitrogens with zero attached hydrogens (tertiary/aromatic N) is 1. The van der Waals surface area contributed by atoms with Gasteiger partial charge < -0.3 is 5.32 Å². The summed E-state index contributed by atoms with van der Waals surface area (Å²) in [6.45, 7) is 10.3. The molecule has 1 aromatic rings. The average Bonchev–Trinajstić information content (AvgIpc) is 2.94. The maximum absolute atomic E-state index is 3.66. The highest BCUT2D eigenvalue weighted by atomic mass is 15.2. The molecule has 1 unspecified atom stereocenters. The minimum atomic E-state index is 0.209. The van der Waals surface area contributed by atoms with Crippen LogP contribution < -0.4 is 5.32 Å². The van der Waals surface area contributed by atoms with Gasteiger partial charge in [0, 0.05) is 24.7 Å². The van der Waals surface area contributed by atoms with Crippen LogP contribution >= 0.6 is 0 Å². The fourth-order valence-corrected chi connectivity index (χ4v) is 3.27. The number of hydrogen-bond acceptors (Lipinski definition) is 2. The molecular weight excluding hydrogens is 220 g/mol. The van der Waals surface area contributed by atoms with E-state index in [1.54, 1.807) is 0 Å². The summed E-state index contributed by atoms with van der Waals surface area (Å²) in [5.74, 6) is 0. The summed E-state index contributed by atoms with van der Waals surface area (Å²) in [6.07, 6.45) is 2.56. The van der Waals surface area contributed by atoms with E-state index in [0.717, 1.165) is 19.6 Å². The van der Waals surface area contributed by atoms with Crippen molar-refractivity contribution in [3.8, 4) is 0 Å². The Morgan fingerprint density at radius 3 is 2.67 bits per heavy atom. The fraction of sp³-hybridized carbons (Fsp3) is 0.625. The van der Waals surface area contributed by atoms with E-state index >= 15 is 0 Å². The minimum Gasteiger partial charge on any atom is -0.308 e. The third kappa shape index (κ3) is 1.98. The molecule has 1 saturated heterocycles. The molecule has 1 fully saturated rings. The normalized spacial score (nSPS) is 28.0. The van der Waals surface area contributed by atoms with Crippen molar-refractivity contribution in [2.75, 3.05) is 6.54 Å². The van der Waals surface area contributed by atoms with Gasteiger partial charge >= 0.3 is 0 Å². The molecule has 0 aromatic heterocycles. The van der Waals surface area contributed by atoms with Crippen molar-refractivity contribution < 1.29 is 0 Å². The molecule has 0 aliphatic carbocycles. The monoisotopic (exact) mass is 244 g/mol. The Labute approximate surface area is 110 Å². The fourth-order valence-electron chi connectivity index (χ4n) is 3.27. The largest absolute Gasteiger partial charge is 0.308 e. The van der Waals surface area contributed by atoms with Crippen LogP contribution in [0.1, 0.15) is 50.3 Å². The quantitative estimate of drug-likeness (QED) is 0.860. The summed E-state index contributed by atoms with van der Waals surface area (Å²) < 4.78 is 0. The second-order valence-corrected chi connectivity index (χ2v) is 6.34. The Morgan fingerprint density at radius 1 is 1.22 bits per heavy atom. The van der Waals surface area contributed by atoms with E-state index in [9.17, 15) is 0 Å². The Morgan fingerprint density at radius 2 is 2.00 bits per heavy atom. The van der Waals surface area contributed by atoms with Gasteiger partial charge in [0.15, 0.2) is 0 Å². The number of rotatable bonds is 2. The first kappa shape index (κ1) is 12.2. The second kappa shape index (κ2) is 4.36. The van der Waals surface area contributed by atoms with E-state index in [1.165, 1.54) is 29.5 Å². The van der Waals surface area contributed by atoms with Crippen LogP contribution in [0.25, 0.3) is 0 Å². The number of nitrogens with one attached hydrogen (secondary N) is 1. The molecule has 0 bridgehead atoms. The highest BCUT2D eigenvalue weighted by Gasteiger charge is 2.31. The van der Waals surface area contributed by atoms with Gasteiger partial charge in [0.05, 0.1) is 0 Å². The predicted octanol–water partition coefficient (Wildman–Crippen LogP) is 3.01. The first-order valence-electron chi connectivity index (χ1n) is 7.20. The van der Waals surface area contributed by atoms with Gasteiger partial charge in [-0.1, -0.05) is 18.2 Å². The van der Waals surface area contributed by atoms with E-state index in [2.05, 4.69) is 49.2 Å². The van der Waals surface area contributed by atoms with Crippen LogP contribution in [0, 0.1) is 0 Å². The molecule has 2 aliphatic rings. The molecule has 1 N–H and O–H groups in total. The van der Waals surface area contributed by atoms with E-state index < -0.39 is 0 Å². The van der Waals surface area contributed by atoms with Crippen LogP contribution in [0.2, 0.25) is 0 Å².